The molecule has 1 aromatic carbocycles. The first kappa shape index (κ1) is 20.0. The Hall–Kier alpha value is -1.36. The molecule has 0 bridgehead atoms. The number of halogens is 6. The number of nitrogens with one attached hydrogen (secondary N) is 1. The Balaban J connectivity index is 2.11. The van der Waals surface area contributed by atoms with Gasteiger partial charge in [-0.1, -0.05) is 46.6 Å². The van der Waals surface area contributed by atoms with Crippen LogP contribution in [-0.2, 0) is 11.0 Å². The van der Waals surface area contributed by atoms with Crippen molar-refractivity contribution in [2.45, 2.75) is 23.5 Å². The molecule has 136 valence electrons. The number of amides is 1. The van der Waals surface area contributed by atoms with E-state index in [2.05, 4.69) is 15.5 Å². The molecule has 25 heavy (non-hydrogen) atoms. The van der Waals surface area contributed by atoms with E-state index in [1.165, 1.54) is 19.1 Å². The molecule has 1 aromatic heterocycles. The molecular weight excluding hydrogens is 426 g/mol. The number of hydrogen-bond donors (Lipinski definition) is 2. The van der Waals surface area contributed by atoms with Crippen molar-refractivity contribution in [3.8, 4) is 0 Å². The van der Waals surface area contributed by atoms with Crippen LogP contribution in [0.5, 0.6) is 0 Å². The van der Waals surface area contributed by atoms with Crippen molar-refractivity contribution in [3.05, 3.63) is 33.0 Å². The van der Waals surface area contributed by atoms with E-state index in [0.717, 1.165) is 0 Å². The average molecular weight is 435 g/mol. The van der Waals surface area contributed by atoms with Gasteiger partial charge in [0.05, 0.1) is 26.0 Å². The predicted molar refractivity (Wildman–Crippen MR) is 90.6 cm³/mol. The number of aromatic nitrogens is 3. The second-order valence-corrected chi connectivity index (χ2v) is 7.20. The first-order valence-electron chi connectivity index (χ1n) is 6.40. The fourth-order valence-corrected chi connectivity index (χ4v) is 2.98. The first-order chi connectivity index (χ1) is 11.5. The van der Waals surface area contributed by atoms with Crippen LogP contribution < -0.4 is 11.2 Å². The number of alkyl halides is 3. The Kier molecular flexibility index (Phi) is 5.97. The zero-order chi connectivity index (χ0) is 18.9. The van der Waals surface area contributed by atoms with Crippen LogP contribution in [0.1, 0.15) is 12.7 Å². The molecule has 1 atom stereocenters. The molecule has 0 aliphatic carbocycles. The quantitative estimate of drug-likeness (QED) is 0.430. The molecule has 1 amide bonds. The minimum absolute atomic E-state index is 0.154. The van der Waals surface area contributed by atoms with E-state index in [-0.39, 0.29) is 30.6 Å². The lowest BCUT2D eigenvalue weighted by Crippen LogP contribution is -2.25. The van der Waals surface area contributed by atoms with Gasteiger partial charge < -0.3 is 11.2 Å². The van der Waals surface area contributed by atoms with Crippen LogP contribution in [0.4, 0.5) is 18.9 Å². The first-order valence-corrected chi connectivity index (χ1v) is 8.41. The van der Waals surface area contributed by atoms with E-state index in [1.807, 2.05) is 0 Å². The van der Waals surface area contributed by atoms with Crippen LogP contribution in [-0.4, -0.2) is 26.0 Å². The van der Waals surface area contributed by atoms with Crippen molar-refractivity contribution < 1.29 is 18.0 Å². The van der Waals surface area contributed by atoms with Crippen molar-refractivity contribution in [1.29, 1.82) is 0 Å². The maximum Gasteiger partial charge on any atom is 0.453 e. The topological polar surface area (TPSA) is 85.8 Å². The number of thioether (sulfide) groups is 1. The number of nitrogens with two attached hydrogens (primary N) is 1. The highest BCUT2D eigenvalue weighted by Crippen LogP contribution is 2.33. The van der Waals surface area contributed by atoms with Crippen molar-refractivity contribution >= 4 is 58.2 Å². The monoisotopic (exact) mass is 433 g/mol. The van der Waals surface area contributed by atoms with Gasteiger partial charge in [-0.05, 0) is 19.1 Å². The second kappa shape index (κ2) is 7.48. The number of carbonyl (C=O) groups excluding carboxylic acids is 1. The molecule has 0 saturated heterocycles. The number of carbonyl (C=O) groups is 1. The van der Waals surface area contributed by atoms with E-state index in [1.54, 1.807) is 0 Å². The predicted octanol–water partition coefficient (Wildman–Crippen LogP) is 4.09. The molecule has 2 aromatic rings. The Morgan fingerprint density at radius 3 is 2.40 bits per heavy atom. The van der Waals surface area contributed by atoms with E-state index < -0.39 is 23.2 Å². The second-order valence-electron chi connectivity index (χ2n) is 4.67. The number of benzene rings is 1. The summed E-state index contributed by atoms with van der Waals surface area (Å²) in [6.07, 6.45) is -4.75. The van der Waals surface area contributed by atoms with Gasteiger partial charge in [0, 0.05) is 0 Å². The molecule has 13 heteroatoms. The fraction of sp³-hybridized carbons (Fsp3) is 0.250. The van der Waals surface area contributed by atoms with E-state index in [0.29, 0.717) is 11.8 Å². The van der Waals surface area contributed by atoms with Crippen LogP contribution in [0.3, 0.4) is 0 Å². The SMILES string of the molecule is CC(Sc1nnc(C(F)(F)F)n1N)C(=O)Nc1cc(Cl)c(Cl)cc1Cl. The van der Waals surface area contributed by atoms with E-state index in [4.69, 9.17) is 40.6 Å². The number of anilines is 1. The number of hydrogen-bond acceptors (Lipinski definition) is 5. The molecule has 0 aliphatic heterocycles. The van der Waals surface area contributed by atoms with Gasteiger partial charge in [-0.25, -0.2) is 4.68 Å². The maximum absolute atomic E-state index is 12.6. The van der Waals surface area contributed by atoms with E-state index in [9.17, 15) is 18.0 Å². The summed E-state index contributed by atoms with van der Waals surface area (Å²) in [6, 6.07) is 2.71. The Morgan fingerprint density at radius 1 is 1.24 bits per heavy atom. The van der Waals surface area contributed by atoms with Crippen molar-refractivity contribution in [2.75, 3.05) is 11.2 Å². The van der Waals surface area contributed by atoms with Crippen LogP contribution >= 0.6 is 46.6 Å². The van der Waals surface area contributed by atoms with Crippen LogP contribution in [0.25, 0.3) is 0 Å². The van der Waals surface area contributed by atoms with Gasteiger partial charge in [0.2, 0.25) is 11.1 Å². The molecule has 0 saturated carbocycles. The van der Waals surface area contributed by atoms with Crippen molar-refractivity contribution in [3.63, 3.8) is 0 Å². The summed E-state index contributed by atoms with van der Waals surface area (Å²) in [5.41, 5.74) is 0.207. The third-order valence-corrected chi connectivity index (χ3v) is 4.93. The van der Waals surface area contributed by atoms with Gasteiger partial charge in [0.1, 0.15) is 0 Å². The van der Waals surface area contributed by atoms with Gasteiger partial charge in [0.15, 0.2) is 0 Å². The lowest BCUT2D eigenvalue weighted by molar-refractivity contribution is -0.146. The number of nitrogen functional groups attached to an aromatic ring is 1. The summed E-state index contributed by atoms with van der Waals surface area (Å²) in [4.78, 5) is 12.2. The zero-order valence-electron chi connectivity index (χ0n) is 12.2. The van der Waals surface area contributed by atoms with Gasteiger partial charge >= 0.3 is 6.18 Å². The van der Waals surface area contributed by atoms with Crippen LogP contribution in [0.15, 0.2) is 17.3 Å². The summed E-state index contributed by atoms with van der Waals surface area (Å²) >= 11 is 18.3. The van der Waals surface area contributed by atoms with Gasteiger partial charge in [-0.3, -0.25) is 4.79 Å². The van der Waals surface area contributed by atoms with Gasteiger partial charge in [-0.2, -0.15) is 13.2 Å². The smallest absolute Gasteiger partial charge is 0.335 e. The van der Waals surface area contributed by atoms with Crippen molar-refractivity contribution in [2.24, 2.45) is 0 Å². The Bertz CT molecular complexity index is 814. The minimum atomic E-state index is -4.75. The molecule has 1 unspecified atom stereocenters. The lowest BCUT2D eigenvalue weighted by atomic mass is 10.3. The highest BCUT2D eigenvalue weighted by atomic mass is 35.5. The molecular formula is C12H9Cl3F3N5OS. The summed E-state index contributed by atoms with van der Waals surface area (Å²) in [7, 11) is 0. The Morgan fingerprint density at radius 2 is 1.84 bits per heavy atom. The lowest BCUT2D eigenvalue weighted by Gasteiger charge is -2.13. The summed E-state index contributed by atoms with van der Waals surface area (Å²) < 4.78 is 38.2. The summed E-state index contributed by atoms with van der Waals surface area (Å²) in [5, 5.41) is 8.24. The molecule has 0 spiro atoms. The number of nitrogens with zero attached hydrogens (tertiary/aromatic N) is 3. The number of rotatable bonds is 4. The highest BCUT2D eigenvalue weighted by Gasteiger charge is 2.38. The molecule has 0 radical (unpaired) electrons. The highest BCUT2D eigenvalue weighted by molar-refractivity contribution is 8.00. The molecule has 2 rings (SSSR count). The summed E-state index contributed by atoms with van der Waals surface area (Å²) in [5.74, 6) is 3.40. The molecule has 0 aliphatic rings. The standard InChI is InChI=1S/C12H9Cl3F3N5OS/c1-4(25-11-22-21-10(23(11)19)12(16,17)18)9(24)20-8-3-6(14)5(13)2-7(8)15/h2-4H,19H2,1H3,(H,20,24). The maximum atomic E-state index is 12.6. The van der Waals surface area contributed by atoms with Crippen LogP contribution in [0, 0.1) is 0 Å². The molecule has 0 fully saturated rings. The molecule has 3 N–H and O–H groups in total. The fourth-order valence-electron chi connectivity index (χ4n) is 1.62. The minimum Gasteiger partial charge on any atom is -0.335 e. The van der Waals surface area contributed by atoms with Crippen LogP contribution in [0.2, 0.25) is 15.1 Å². The normalized spacial score (nSPS) is 12.9. The third-order valence-electron chi connectivity index (χ3n) is 2.84. The average Bonchev–Trinajstić information content (AvgIpc) is 2.85. The molecule has 1 heterocycles. The summed E-state index contributed by atoms with van der Waals surface area (Å²) in [6.45, 7) is 1.45. The van der Waals surface area contributed by atoms with Gasteiger partial charge in [0.25, 0.3) is 5.82 Å². The van der Waals surface area contributed by atoms with E-state index >= 15 is 0 Å². The Labute approximate surface area is 158 Å². The zero-order valence-corrected chi connectivity index (χ0v) is 15.3. The molecule has 6 nitrogen and oxygen atoms in total. The van der Waals surface area contributed by atoms with Crippen molar-refractivity contribution in [1.82, 2.24) is 14.9 Å². The largest absolute Gasteiger partial charge is 0.453 e. The third kappa shape index (κ3) is 4.63. The van der Waals surface area contributed by atoms with Gasteiger partial charge in [-0.15, -0.1) is 10.2 Å².